The van der Waals surface area contributed by atoms with Crippen molar-refractivity contribution in [1.29, 1.82) is 0 Å². The molecule has 4 fully saturated rings. The molecule has 170 valence electrons. The van der Waals surface area contributed by atoms with Crippen molar-refractivity contribution in [2.45, 2.75) is 84.0 Å². The molecule has 6 rings (SSSR count). The lowest BCUT2D eigenvalue weighted by atomic mass is 9.36. The average molecular weight is 427 g/mol. The number of phenols is 1. The first-order chi connectivity index (χ1) is 14.8. The van der Waals surface area contributed by atoms with Crippen LogP contribution in [0, 0.1) is 34.0 Å². The number of phenolic OH excluding ortho intramolecular Hbond substituents is 1. The number of hydrogen-bond donors (Lipinski definition) is 1. The summed E-state index contributed by atoms with van der Waals surface area (Å²) in [7, 11) is 1.82. The second-order valence-corrected chi connectivity index (χ2v) is 12.1. The third-order valence-electron chi connectivity index (χ3n) is 10.8. The minimum atomic E-state index is -0.124. The average Bonchev–Trinajstić information content (AvgIpc) is 2.72. The van der Waals surface area contributed by atoms with E-state index in [1.807, 2.05) is 19.2 Å². The maximum absolute atomic E-state index is 10.1. The van der Waals surface area contributed by atoms with Gasteiger partial charge in [-0.05, 0) is 92.9 Å². The van der Waals surface area contributed by atoms with E-state index in [0.29, 0.717) is 23.5 Å². The van der Waals surface area contributed by atoms with Crippen LogP contribution in [-0.2, 0) is 15.9 Å². The van der Waals surface area contributed by atoms with E-state index in [-0.39, 0.29) is 28.1 Å². The van der Waals surface area contributed by atoms with Gasteiger partial charge in [0.2, 0.25) is 0 Å². The van der Waals surface area contributed by atoms with Crippen molar-refractivity contribution in [2.75, 3.05) is 13.7 Å². The zero-order chi connectivity index (χ0) is 21.6. The summed E-state index contributed by atoms with van der Waals surface area (Å²) in [5, 5.41) is 10.1. The van der Waals surface area contributed by atoms with Crippen molar-refractivity contribution in [1.82, 2.24) is 0 Å². The molecule has 4 heteroatoms. The van der Waals surface area contributed by atoms with Gasteiger partial charge in [-0.15, -0.1) is 0 Å². The molecular weight excluding hydrogens is 388 g/mol. The van der Waals surface area contributed by atoms with Crippen LogP contribution in [0.15, 0.2) is 18.2 Å². The molecule has 2 heterocycles. The number of hydrogen-bond acceptors (Lipinski definition) is 4. The Kier molecular flexibility index (Phi) is 4.21. The van der Waals surface area contributed by atoms with Gasteiger partial charge in [0.25, 0.3) is 0 Å². The molecule has 1 unspecified atom stereocenters. The predicted molar refractivity (Wildman–Crippen MR) is 119 cm³/mol. The van der Waals surface area contributed by atoms with Crippen LogP contribution in [0.3, 0.4) is 0 Å². The van der Waals surface area contributed by atoms with Crippen LogP contribution >= 0.6 is 0 Å². The Morgan fingerprint density at radius 3 is 2.55 bits per heavy atom. The van der Waals surface area contributed by atoms with Crippen molar-refractivity contribution < 1.29 is 19.3 Å². The van der Waals surface area contributed by atoms with Gasteiger partial charge in [0, 0.05) is 23.9 Å². The summed E-state index contributed by atoms with van der Waals surface area (Å²) >= 11 is 0. The highest BCUT2D eigenvalue weighted by atomic mass is 16.7. The molecule has 4 nitrogen and oxygen atoms in total. The van der Waals surface area contributed by atoms with Crippen molar-refractivity contribution in [3.8, 4) is 11.5 Å². The molecule has 1 aromatic carbocycles. The summed E-state index contributed by atoms with van der Waals surface area (Å²) in [5.41, 5.74) is 1.69. The van der Waals surface area contributed by atoms with E-state index in [1.165, 1.54) is 44.1 Å². The summed E-state index contributed by atoms with van der Waals surface area (Å²) in [5.74, 6) is 3.14. The van der Waals surface area contributed by atoms with Gasteiger partial charge < -0.3 is 19.3 Å². The highest BCUT2D eigenvalue weighted by Crippen LogP contribution is 2.73. The summed E-state index contributed by atoms with van der Waals surface area (Å²) in [4.78, 5) is 0. The van der Waals surface area contributed by atoms with Gasteiger partial charge in [0.15, 0.2) is 6.29 Å². The molecule has 0 aromatic heterocycles. The minimum absolute atomic E-state index is 0.0583. The first-order valence-electron chi connectivity index (χ1n) is 12.4. The smallest absolute Gasteiger partial charge is 0.162 e. The summed E-state index contributed by atoms with van der Waals surface area (Å²) in [6, 6.07) is 5.65. The first kappa shape index (κ1) is 20.4. The van der Waals surface area contributed by atoms with E-state index >= 15 is 0 Å². The Morgan fingerprint density at radius 2 is 1.74 bits per heavy atom. The number of benzene rings is 1. The zero-order valence-corrected chi connectivity index (χ0v) is 19.6. The molecule has 3 saturated carbocycles. The maximum Gasteiger partial charge on any atom is 0.162 e. The number of rotatable bonds is 1. The Morgan fingerprint density at radius 1 is 0.968 bits per heavy atom. The SMILES string of the molecule is COC1OC[C@]23CCC[C@@]1(C)[C@@H]2CC[C@]1(C)[C@@H]3CC[C@]2(C)Oc3ccc(O)cc3C[C@@H]12. The van der Waals surface area contributed by atoms with Crippen molar-refractivity contribution in [2.24, 2.45) is 34.0 Å². The largest absolute Gasteiger partial charge is 0.508 e. The quantitative estimate of drug-likeness (QED) is 0.625. The van der Waals surface area contributed by atoms with Crippen LogP contribution in [0.4, 0.5) is 0 Å². The number of ether oxygens (including phenoxy) is 3. The van der Waals surface area contributed by atoms with Crippen LogP contribution in [-0.4, -0.2) is 30.7 Å². The molecular formula is C27H38O4. The standard InChI is InChI=1S/C27H38O4/c1-24-12-8-21-25(2)10-5-11-27(21,16-30-23(25)29-4)20(24)9-13-26(3)22(24)15-17-14-18(28)6-7-19(17)31-26/h6-7,14,20-23,28H,5,8-13,15-16H2,1-4H3/t20-,21-,22-,23?,24+,25-,26-,27-/m0/s1. The number of fused-ring (bicyclic) bond motifs is 4. The van der Waals surface area contributed by atoms with E-state index in [0.717, 1.165) is 25.2 Å². The molecule has 0 radical (unpaired) electrons. The van der Waals surface area contributed by atoms with E-state index in [4.69, 9.17) is 14.2 Å². The van der Waals surface area contributed by atoms with Gasteiger partial charge in [-0.3, -0.25) is 0 Å². The van der Waals surface area contributed by atoms with E-state index in [2.05, 4.69) is 20.8 Å². The fraction of sp³-hybridized carbons (Fsp3) is 0.778. The van der Waals surface area contributed by atoms with E-state index < -0.39 is 0 Å². The first-order valence-corrected chi connectivity index (χ1v) is 12.4. The molecule has 1 N–H and O–H groups in total. The maximum atomic E-state index is 10.1. The van der Waals surface area contributed by atoms with E-state index in [9.17, 15) is 5.11 Å². The molecule has 3 aliphatic carbocycles. The summed E-state index contributed by atoms with van der Waals surface area (Å²) in [6.07, 6.45) is 9.62. The fourth-order valence-electron chi connectivity index (χ4n) is 9.64. The molecule has 0 spiro atoms. The molecule has 5 aliphatic rings. The monoisotopic (exact) mass is 426 g/mol. The van der Waals surface area contributed by atoms with Gasteiger partial charge in [-0.25, -0.2) is 0 Å². The van der Waals surface area contributed by atoms with Gasteiger partial charge in [0.1, 0.15) is 17.1 Å². The van der Waals surface area contributed by atoms with Crippen molar-refractivity contribution in [3.05, 3.63) is 23.8 Å². The number of aromatic hydroxyl groups is 1. The lowest BCUT2D eigenvalue weighted by Crippen LogP contribution is -2.70. The molecule has 2 aliphatic heterocycles. The van der Waals surface area contributed by atoms with Crippen molar-refractivity contribution in [3.63, 3.8) is 0 Å². The normalized spacial score (nSPS) is 50.3. The summed E-state index contributed by atoms with van der Waals surface area (Å²) in [6.45, 7) is 8.21. The molecule has 8 atom stereocenters. The fourth-order valence-corrected chi connectivity index (χ4v) is 9.64. The van der Waals surface area contributed by atoms with Gasteiger partial charge in [-0.2, -0.15) is 0 Å². The van der Waals surface area contributed by atoms with E-state index in [1.54, 1.807) is 6.07 Å². The van der Waals surface area contributed by atoms with Gasteiger partial charge in [0.05, 0.1) is 6.61 Å². The van der Waals surface area contributed by atoms with Crippen LogP contribution in [0.1, 0.15) is 71.3 Å². The molecule has 0 amide bonds. The molecule has 1 aromatic rings. The van der Waals surface area contributed by atoms with Crippen LogP contribution in [0.2, 0.25) is 0 Å². The Bertz CT molecular complexity index is 899. The highest BCUT2D eigenvalue weighted by molar-refractivity contribution is 5.43. The summed E-state index contributed by atoms with van der Waals surface area (Å²) < 4.78 is 19.1. The second kappa shape index (κ2) is 6.41. The third-order valence-corrected chi connectivity index (χ3v) is 10.8. The Labute approximate surface area is 186 Å². The highest BCUT2D eigenvalue weighted by Gasteiger charge is 2.70. The second-order valence-electron chi connectivity index (χ2n) is 12.1. The van der Waals surface area contributed by atoms with Crippen LogP contribution in [0.5, 0.6) is 11.5 Å². The molecule has 1 saturated heterocycles. The number of methoxy groups -OCH3 is 1. The lowest BCUT2D eigenvalue weighted by Gasteiger charge is -2.71. The predicted octanol–water partition coefficient (Wildman–Crippen LogP) is 5.71. The zero-order valence-electron chi connectivity index (χ0n) is 19.6. The van der Waals surface area contributed by atoms with Gasteiger partial charge >= 0.3 is 0 Å². The lowest BCUT2D eigenvalue weighted by molar-refractivity contribution is -0.332. The topological polar surface area (TPSA) is 47.9 Å². The minimum Gasteiger partial charge on any atom is -0.508 e. The Balaban J connectivity index is 1.41. The van der Waals surface area contributed by atoms with Crippen molar-refractivity contribution >= 4 is 0 Å². The molecule has 31 heavy (non-hydrogen) atoms. The van der Waals surface area contributed by atoms with Crippen LogP contribution in [0.25, 0.3) is 0 Å². The Hall–Kier alpha value is -1.26. The third kappa shape index (κ3) is 2.50. The van der Waals surface area contributed by atoms with Gasteiger partial charge in [-0.1, -0.05) is 20.3 Å². The molecule has 2 bridgehead atoms. The van der Waals surface area contributed by atoms with Crippen LogP contribution < -0.4 is 4.74 Å².